The monoisotopic (exact) mass is 548 g/mol. The highest BCUT2D eigenvalue weighted by molar-refractivity contribution is 5.85. The van der Waals surface area contributed by atoms with E-state index in [0.717, 1.165) is 64.0 Å². The van der Waals surface area contributed by atoms with E-state index in [-0.39, 0.29) is 5.57 Å². The van der Waals surface area contributed by atoms with E-state index in [9.17, 15) is 10.5 Å². The molecule has 0 N–H and O–H groups in total. The average molecular weight is 549 g/mol. The first kappa shape index (κ1) is 28.5. The van der Waals surface area contributed by atoms with E-state index < -0.39 is 0 Å². The van der Waals surface area contributed by atoms with Crippen LogP contribution in [0.25, 0.3) is 10.8 Å². The molecule has 7 nitrogen and oxygen atoms in total. The van der Waals surface area contributed by atoms with E-state index in [1.54, 1.807) is 0 Å². The molecule has 0 unspecified atom stereocenters. The zero-order valence-corrected chi connectivity index (χ0v) is 24.1. The van der Waals surface area contributed by atoms with Gasteiger partial charge in [-0.05, 0) is 66.5 Å². The summed E-state index contributed by atoms with van der Waals surface area (Å²) in [5, 5.41) is 22.0. The van der Waals surface area contributed by atoms with Crippen LogP contribution in [-0.2, 0) is 13.1 Å². The van der Waals surface area contributed by atoms with Crippen LogP contribution >= 0.6 is 0 Å². The highest BCUT2D eigenvalue weighted by Gasteiger charge is 2.29. The molecule has 0 spiro atoms. The van der Waals surface area contributed by atoms with Crippen LogP contribution in [-0.4, -0.2) is 78.6 Å². The van der Waals surface area contributed by atoms with Crippen LogP contribution in [0.15, 0.2) is 78.1 Å². The van der Waals surface area contributed by atoms with Gasteiger partial charge in [-0.3, -0.25) is 9.80 Å². The minimum absolute atomic E-state index is 0.186. The number of fused-ring (bicyclic) bond motifs is 1. The lowest BCUT2D eigenvalue weighted by atomic mass is 10.0. The Morgan fingerprint density at radius 1 is 0.854 bits per heavy atom. The lowest BCUT2D eigenvalue weighted by molar-refractivity contribution is 0.233. The smallest absolute Gasteiger partial charge is 0.169 e. The fourth-order valence-electron chi connectivity index (χ4n) is 5.96. The van der Waals surface area contributed by atoms with Gasteiger partial charge in [0, 0.05) is 45.8 Å². The Morgan fingerprint density at radius 3 is 2.34 bits per heavy atom. The van der Waals surface area contributed by atoms with Crippen molar-refractivity contribution in [3.63, 3.8) is 0 Å². The summed E-state index contributed by atoms with van der Waals surface area (Å²) >= 11 is 0. The minimum atomic E-state index is 0.186. The number of nitrogens with zero attached hydrogens (tertiary/aromatic N) is 6. The highest BCUT2D eigenvalue weighted by Crippen LogP contribution is 2.27. The summed E-state index contributed by atoms with van der Waals surface area (Å²) in [4.78, 5) is 9.29. The number of likely N-dealkylation sites (tertiary alicyclic amines) is 1. The van der Waals surface area contributed by atoms with Crippen molar-refractivity contribution >= 4 is 10.8 Å². The molecule has 0 bridgehead atoms. The Hall–Kier alpha value is -4.04. The molecular formula is C34H40N6O. The molecule has 2 heterocycles. The van der Waals surface area contributed by atoms with Crippen molar-refractivity contribution in [1.82, 2.24) is 19.6 Å². The van der Waals surface area contributed by atoms with Crippen molar-refractivity contribution in [1.29, 1.82) is 10.5 Å². The maximum absolute atomic E-state index is 9.80. The first-order valence-electron chi connectivity index (χ1n) is 14.9. The van der Waals surface area contributed by atoms with Crippen LogP contribution in [0.1, 0.15) is 30.9 Å². The third-order valence-corrected chi connectivity index (χ3v) is 8.27. The van der Waals surface area contributed by atoms with Crippen LogP contribution in [0.2, 0.25) is 0 Å². The second kappa shape index (κ2) is 14.0. The van der Waals surface area contributed by atoms with Gasteiger partial charge in [-0.1, -0.05) is 61.5 Å². The number of likely N-dealkylation sites (N-methyl/N-ethyl adjacent to an activating group) is 1. The van der Waals surface area contributed by atoms with E-state index in [4.69, 9.17) is 4.74 Å². The van der Waals surface area contributed by atoms with Gasteiger partial charge in [0.1, 0.15) is 30.3 Å². The molecular weight excluding hydrogens is 508 g/mol. The fraction of sp³-hybridized carbons (Fsp3) is 0.412. The number of hydrogen-bond acceptors (Lipinski definition) is 7. The first-order valence-corrected chi connectivity index (χ1v) is 14.9. The first-order chi connectivity index (χ1) is 20.2. The van der Waals surface area contributed by atoms with Crippen molar-refractivity contribution in [2.75, 3.05) is 59.0 Å². The van der Waals surface area contributed by atoms with Crippen LogP contribution in [0.5, 0.6) is 5.75 Å². The van der Waals surface area contributed by atoms with Gasteiger partial charge in [0.2, 0.25) is 0 Å². The number of rotatable bonds is 12. The van der Waals surface area contributed by atoms with Crippen molar-refractivity contribution < 1.29 is 4.74 Å². The summed E-state index contributed by atoms with van der Waals surface area (Å²) in [6, 6.07) is 27.5. The van der Waals surface area contributed by atoms with Crippen LogP contribution in [0.3, 0.4) is 0 Å². The molecule has 7 heteroatoms. The van der Waals surface area contributed by atoms with Crippen molar-refractivity contribution in [3.8, 4) is 17.9 Å². The van der Waals surface area contributed by atoms with Gasteiger partial charge in [-0.25, -0.2) is 0 Å². The average Bonchev–Trinajstić information content (AvgIpc) is 3.67. The zero-order valence-electron chi connectivity index (χ0n) is 24.1. The summed E-state index contributed by atoms with van der Waals surface area (Å²) in [5.41, 5.74) is 2.64. The van der Waals surface area contributed by atoms with Crippen molar-refractivity contribution in [2.45, 2.75) is 32.9 Å². The molecule has 0 atom stereocenters. The third kappa shape index (κ3) is 7.19. The molecule has 0 aromatic heterocycles. The maximum atomic E-state index is 9.80. The summed E-state index contributed by atoms with van der Waals surface area (Å²) in [5.74, 6) is 1.68. The molecule has 2 fully saturated rings. The minimum Gasteiger partial charge on any atom is -0.492 e. The topological polar surface area (TPSA) is 69.8 Å². The zero-order chi connectivity index (χ0) is 28.4. The molecule has 2 aliphatic rings. The van der Waals surface area contributed by atoms with Gasteiger partial charge in [0.25, 0.3) is 0 Å². The largest absolute Gasteiger partial charge is 0.492 e. The van der Waals surface area contributed by atoms with Crippen molar-refractivity contribution in [2.24, 2.45) is 0 Å². The summed E-state index contributed by atoms with van der Waals surface area (Å²) in [7, 11) is 0. The molecule has 3 aromatic carbocycles. The molecule has 0 radical (unpaired) electrons. The highest BCUT2D eigenvalue weighted by atomic mass is 16.5. The molecule has 0 aliphatic carbocycles. The number of ether oxygens (including phenoxy) is 1. The van der Waals surface area contributed by atoms with Crippen LogP contribution in [0, 0.1) is 22.7 Å². The standard InChI is InChI=1S/C34H40N6O/c1-2-37(26-28-12-14-32(15-13-28)41-23-22-38-16-5-6-17-38)18-19-39-20-21-40(34(39)31(24-35)25-36)27-30-10-7-9-29-8-3-4-11-33(29)30/h3-4,7-15H,2,5-6,16-23,26-27H2,1H3. The van der Waals surface area contributed by atoms with Gasteiger partial charge in [0.05, 0.1) is 0 Å². The van der Waals surface area contributed by atoms with Gasteiger partial charge in [-0.15, -0.1) is 0 Å². The Bertz CT molecular complexity index is 1390. The number of hydrogen-bond donors (Lipinski definition) is 0. The van der Waals surface area contributed by atoms with E-state index in [1.807, 2.05) is 0 Å². The Kier molecular flexibility index (Phi) is 9.75. The van der Waals surface area contributed by atoms with E-state index >= 15 is 0 Å². The number of allylic oxidation sites excluding steroid dienone is 1. The predicted octanol–water partition coefficient (Wildman–Crippen LogP) is 5.21. The molecule has 0 amide bonds. The molecule has 2 saturated heterocycles. The number of benzene rings is 3. The summed E-state index contributed by atoms with van der Waals surface area (Å²) in [6.07, 6.45) is 2.61. The van der Waals surface area contributed by atoms with E-state index in [1.165, 1.54) is 47.8 Å². The van der Waals surface area contributed by atoms with Gasteiger partial charge in [-0.2, -0.15) is 10.5 Å². The van der Waals surface area contributed by atoms with Crippen molar-refractivity contribution in [3.05, 3.63) is 89.3 Å². The lowest BCUT2D eigenvalue weighted by Gasteiger charge is -2.28. The van der Waals surface area contributed by atoms with Crippen LogP contribution in [0.4, 0.5) is 0 Å². The Balaban J connectivity index is 1.19. The number of nitriles is 2. The van der Waals surface area contributed by atoms with Crippen LogP contribution < -0.4 is 4.74 Å². The molecule has 5 rings (SSSR count). The summed E-state index contributed by atoms with van der Waals surface area (Å²) in [6.45, 7) is 11.9. The second-order valence-corrected chi connectivity index (χ2v) is 10.9. The van der Waals surface area contributed by atoms with Gasteiger partial charge >= 0.3 is 0 Å². The second-order valence-electron chi connectivity index (χ2n) is 10.9. The van der Waals surface area contributed by atoms with Gasteiger partial charge < -0.3 is 14.5 Å². The molecule has 3 aromatic rings. The van der Waals surface area contributed by atoms with E-state index in [2.05, 4.69) is 105 Å². The quantitative estimate of drug-likeness (QED) is 0.288. The van der Waals surface area contributed by atoms with E-state index in [0.29, 0.717) is 6.54 Å². The fourth-order valence-corrected chi connectivity index (χ4v) is 5.96. The Morgan fingerprint density at radius 2 is 1.59 bits per heavy atom. The lowest BCUT2D eigenvalue weighted by Crippen LogP contribution is -2.34. The third-order valence-electron chi connectivity index (χ3n) is 8.27. The normalized spacial score (nSPS) is 15.5. The molecule has 212 valence electrons. The molecule has 0 saturated carbocycles. The maximum Gasteiger partial charge on any atom is 0.169 e. The SMILES string of the molecule is CCN(CCN1CCN(Cc2cccc3ccccc23)C1=C(C#N)C#N)Cc1ccc(OCCN2CCCC2)cc1. The molecule has 2 aliphatic heterocycles. The summed E-state index contributed by atoms with van der Waals surface area (Å²) < 4.78 is 5.98. The predicted molar refractivity (Wildman–Crippen MR) is 163 cm³/mol. The van der Waals surface area contributed by atoms with Gasteiger partial charge in [0.15, 0.2) is 5.57 Å². The molecule has 41 heavy (non-hydrogen) atoms. The Labute approximate surface area is 244 Å².